The zero-order chi connectivity index (χ0) is 19.2. The number of benzene rings is 2. The van der Waals surface area contributed by atoms with E-state index in [4.69, 9.17) is 4.74 Å². The first-order valence-corrected chi connectivity index (χ1v) is 8.32. The summed E-state index contributed by atoms with van der Waals surface area (Å²) in [5.41, 5.74) is 1.92. The quantitative estimate of drug-likeness (QED) is 0.540. The molecule has 6 nitrogen and oxygen atoms in total. The number of methoxy groups -OCH3 is 1. The number of para-hydroxylation sites is 1. The highest BCUT2D eigenvalue weighted by Crippen LogP contribution is 2.19. The van der Waals surface area contributed by atoms with Crippen molar-refractivity contribution in [3.05, 3.63) is 84.0 Å². The number of carbonyl (C=O) groups is 2. The molecule has 3 aromatic rings. The van der Waals surface area contributed by atoms with Crippen molar-refractivity contribution in [1.29, 1.82) is 0 Å². The second-order valence-corrected chi connectivity index (χ2v) is 5.83. The Kier molecular flexibility index (Phi) is 5.47. The number of nitrogens with zero attached hydrogens (tertiary/aromatic N) is 2. The Balaban J connectivity index is 1.66. The van der Waals surface area contributed by atoms with Crippen LogP contribution in [-0.2, 0) is 11.8 Å². The summed E-state index contributed by atoms with van der Waals surface area (Å²) in [7, 11) is 3.35. The molecular weight excluding hydrogens is 342 g/mol. The number of aromatic nitrogens is 2. The van der Waals surface area contributed by atoms with Gasteiger partial charge < -0.3 is 14.6 Å². The second kappa shape index (κ2) is 8.14. The van der Waals surface area contributed by atoms with Gasteiger partial charge in [-0.25, -0.2) is 4.98 Å². The van der Waals surface area contributed by atoms with Crippen LogP contribution < -0.4 is 10.1 Å². The number of carbonyl (C=O) groups excluding carboxylic acids is 2. The van der Waals surface area contributed by atoms with Crippen molar-refractivity contribution in [2.24, 2.45) is 7.05 Å². The van der Waals surface area contributed by atoms with Gasteiger partial charge in [0.05, 0.1) is 7.11 Å². The lowest BCUT2D eigenvalue weighted by molar-refractivity contribution is -0.111. The molecule has 0 fully saturated rings. The van der Waals surface area contributed by atoms with Crippen LogP contribution in [0.2, 0.25) is 0 Å². The first kappa shape index (κ1) is 18.1. The number of ether oxygens (including phenoxy) is 1. The van der Waals surface area contributed by atoms with E-state index in [2.05, 4.69) is 10.3 Å². The van der Waals surface area contributed by atoms with Crippen molar-refractivity contribution in [2.75, 3.05) is 12.4 Å². The minimum Gasteiger partial charge on any atom is -0.496 e. The molecule has 0 unspecified atom stereocenters. The van der Waals surface area contributed by atoms with E-state index in [1.807, 2.05) is 24.3 Å². The van der Waals surface area contributed by atoms with Crippen LogP contribution in [0, 0.1) is 0 Å². The molecule has 0 saturated heterocycles. The predicted molar refractivity (Wildman–Crippen MR) is 104 cm³/mol. The summed E-state index contributed by atoms with van der Waals surface area (Å²) in [4.78, 5) is 28.6. The Morgan fingerprint density at radius 1 is 1.11 bits per heavy atom. The molecule has 1 aromatic heterocycles. The maximum absolute atomic E-state index is 12.4. The van der Waals surface area contributed by atoms with E-state index in [9.17, 15) is 9.59 Å². The lowest BCUT2D eigenvalue weighted by Crippen LogP contribution is -2.10. The largest absolute Gasteiger partial charge is 0.496 e. The van der Waals surface area contributed by atoms with Gasteiger partial charge in [-0.15, -0.1) is 0 Å². The Bertz CT molecular complexity index is 988. The molecule has 0 aliphatic carbocycles. The summed E-state index contributed by atoms with van der Waals surface area (Å²) in [5.74, 6) is 0.616. The molecule has 0 spiro atoms. The molecule has 27 heavy (non-hydrogen) atoms. The molecule has 0 atom stereocenters. The summed E-state index contributed by atoms with van der Waals surface area (Å²) in [6, 6.07) is 14.1. The van der Waals surface area contributed by atoms with Crippen molar-refractivity contribution >= 4 is 23.5 Å². The first-order valence-electron chi connectivity index (χ1n) is 8.32. The normalized spacial score (nSPS) is 10.7. The lowest BCUT2D eigenvalue weighted by atomic mass is 10.1. The van der Waals surface area contributed by atoms with Crippen LogP contribution in [0.25, 0.3) is 6.08 Å². The molecule has 0 aliphatic rings. The highest BCUT2D eigenvalue weighted by atomic mass is 16.5. The van der Waals surface area contributed by atoms with Gasteiger partial charge in [-0.3, -0.25) is 9.59 Å². The van der Waals surface area contributed by atoms with Crippen molar-refractivity contribution < 1.29 is 14.3 Å². The minimum atomic E-state index is -0.274. The van der Waals surface area contributed by atoms with Gasteiger partial charge in [0.25, 0.3) is 0 Å². The predicted octanol–water partition coefficient (Wildman–Crippen LogP) is 3.31. The first-order chi connectivity index (χ1) is 13.1. The molecule has 6 heteroatoms. The van der Waals surface area contributed by atoms with E-state index in [-0.39, 0.29) is 11.7 Å². The molecule has 0 saturated carbocycles. The van der Waals surface area contributed by atoms with Crippen LogP contribution in [0.4, 0.5) is 5.69 Å². The van der Waals surface area contributed by atoms with Gasteiger partial charge in [-0.05, 0) is 36.4 Å². The molecular formula is C21H19N3O3. The van der Waals surface area contributed by atoms with E-state index in [1.165, 1.54) is 6.08 Å². The summed E-state index contributed by atoms with van der Waals surface area (Å²) in [6.07, 6.45) is 6.42. The third-order valence-electron chi connectivity index (χ3n) is 3.99. The smallest absolute Gasteiger partial charge is 0.248 e. The van der Waals surface area contributed by atoms with Gasteiger partial charge in [-0.2, -0.15) is 0 Å². The van der Waals surface area contributed by atoms with Crippen LogP contribution in [0.1, 0.15) is 21.7 Å². The molecule has 136 valence electrons. The summed E-state index contributed by atoms with van der Waals surface area (Å²) < 4.78 is 6.92. The maximum Gasteiger partial charge on any atom is 0.248 e. The van der Waals surface area contributed by atoms with Gasteiger partial charge in [0, 0.05) is 42.3 Å². The standard InChI is InChI=1S/C21H19N3O3/c1-24-14-13-22-21(24)20(26)16-7-10-17(11-8-16)23-19(25)12-9-15-5-3-4-6-18(15)27-2/h3-14H,1-2H3,(H,23,25)/b12-9+. The van der Waals surface area contributed by atoms with E-state index in [0.717, 1.165) is 5.56 Å². The fourth-order valence-electron chi connectivity index (χ4n) is 2.57. The van der Waals surface area contributed by atoms with Gasteiger partial charge in [0.2, 0.25) is 11.7 Å². The van der Waals surface area contributed by atoms with Crippen LogP contribution in [0.15, 0.2) is 67.0 Å². The minimum absolute atomic E-state index is 0.170. The van der Waals surface area contributed by atoms with Gasteiger partial charge in [0.15, 0.2) is 5.82 Å². The van der Waals surface area contributed by atoms with Crippen LogP contribution >= 0.6 is 0 Å². The van der Waals surface area contributed by atoms with E-state index >= 15 is 0 Å². The van der Waals surface area contributed by atoms with Crippen LogP contribution in [-0.4, -0.2) is 28.4 Å². The molecule has 3 rings (SSSR count). The number of aryl methyl sites for hydroxylation is 1. The van der Waals surface area contributed by atoms with Gasteiger partial charge >= 0.3 is 0 Å². The SMILES string of the molecule is COc1ccccc1/C=C/C(=O)Nc1ccc(C(=O)c2nccn2C)cc1. The molecule has 0 radical (unpaired) electrons. The molecule has 1 N–H and O–H groups in total. The monoisotopic (exact) mass is 361 g/mol. The average molecular weight is 361 g/mol. The highest BCUT2D eigenvalue weighted by molar-refractivity contribution is 6.07. The number of hydrogen-bond donors (Lipinski definition) is 1. The van der Waals surface area contributed by atoms with Crippen LogP contribution in [0.5, 0.6) is 5.75 Å². The molecule has 0 bridgehead atoms. The third kappa shape index (κ3) is 4.30. The summed E-state index contributed by atoms with van der Waals surface area (Å²) >= 11 is 0. The Labute approximate surface area is 157 Å². The zero-order valence-corrected chi connectivity index (χ0v) is 15.0. The molecule has 0 aliphatic heterocycles. The third-order valence-corrected chi connectivity index (χ3v) is 3.99. The van der Waals surface area contributed by atoms with Gasteiger partial charge in [0.1, 0.15) is 5.75 Å². The number of ketones is 1. The number of anilines is 1. The number of imidazole rings is 1. The average Bonchev–Trinajstić information content (AvgIpc) is 3.12. The number of amides is 1. The Hall–Kier alpha value is -3.67. The summed E-state index contributed by atoms with van der Waals surface area (Å²) in [6.45, 7) is 0. The molecule has 1 amide bonds. The number of hydrogen-bond acceptors (Lipinski definition) is 4. The van der Waals surface area contributed by atoms with Crippen LogP contribution in [0.3, 0.4) is 0 Å². The lowest BCUT2D eigenvalue weighted by Gasteiger charge is -2.05. The topological polar surface area (TPSA) is 73.2 Å². The van der Waals surface area contributed by atoms with Crippen molar-refractivity contribution in [3.63, 3.8) is 0 Å². The van der Waals surface area contributed by atoms with E-state index in [1.54, 1.807) is 61.5 Å². The summed E-state index contributed by atoms with van der Waals surface area (Å²) in [5, 5.41) is 2.76. The highest BCUT2D eigenvalue weighted by Gasteiger charge is 2.13. The van der Waals surface area contributed by atoms with Gasteiger partial charge in [-0.1, -0.05) is 18.2 Å². The fourth-order valence-corrected chi connectivity index (χ4v) is 2.57. The number of nitrogens with one attached hydrogen (secondary N) is 1. The number of rotatable bonds is 6. The Morgan fingerprint density at radius 3 is 2.52 bits per heavy atom. The molecule has 2 aromatic carbocycles. The van der Waals surface area contributed by atoms with E-state index < -0.39 is 0 Å². The Morgan fingerprint density at radius 2 is 1.85 bits per heavy atom. The van der Waals surface area contributed by atoms with Crippen molar-refractivity contribution in [3.8, 4) is 5.75 Å². The van der Waals surface area contributed by atoms with E-state index in [0.29, 0.717) is 22.8 Å². The zero-order valence-electron chi connectivity index (χ0n) is 15.0. The maximum atomic E-state index is 12.4. The van der Waals surface area contributed by atoms with Crippen molar-refractivity contribution in [2.45, 2.75) is 0 Å². The van der Waals surface area contributed by atoms with Crippen molar-refractivity contribution in [1.82, 2.24) is 9.55 Å². The fraction of sp³-hybridized carbons (Fsp3) is 0.0952. The second-order valence-electron chi connectivity index (χ2n) is 5.83. The molecule has 1 heterocycles.